The molecule has 0 atom stereocenters. The van der Waals surface area contributed by atoms with Crippen LogP contribution in [0.4, 0.5) is 4.79 Å². The molecule has 0 spiro atoms. The summed E-state index contributed by atoms with van der Waals surface area (Å²) in [5.74, 6) is 0.649. The molecule has 4 aromatic carbocycles. The van der Waals surface area contributed by atoms with E-state index in [2.05, 4.69) is 15.8 Å². The van der Waals surface area contributed by atoms with Gasteiger partial charge in [0.1, 0.15) is 30.4 Å². The highest BCUT2D eigenvalue weighted by molar-refractivity contribution is 6.40. The van der Waals surface area contributed by atoms with Crippen molar-refractivity contribution < 1.29 is 28.6 Å². The van der Waals surface area contributed by atoms with Crippen LogP contribution in [0.3, 0.4) is 0 Å². The van der Waals surface area contributed by atoms with Crippen molar-refractivity contribution in [2.24, 2.45) is 5.16 Å². The van der Waals surface area contributed by atoms with Crippen LogP contribution in [-0.4, -0.2) is 44.5 Å². The number of carbonyl (C=O) groups is 2. The van der Waals surface area contributed by atoms with Crippen LogP contribution in [0.5, 0.6) is 11.5 Å². The molecule has 9 nitrogen and oxygen atoms in total. The number of nitrogens with one attached hydrogen (secondary N) is 2. The Labute approximate surface area is 295 Å². The predicted molar refractivity (Wildman–Crippen MR) is 188 cm³/mol. The number of oxime groups is 1. The zero-order valence-corrected chi connectivity index (χ0v) is 28.6. The van der Waals surface area contributed by atoms with Gasteiger partial charge in [-0.15, -0.1) is 0 Å². The van der Waals surface area contributed by atoms with Crippen molar-refractivity contribution in [2.75, 3.05) is 26.8 Å². The van der Waals surface area contributed by atoms with Crippen molar-refractivity contribution in [3.8, 4) is 11.5 Å². The third-order valence-electron chi connectivity index (χ3n) is 6.93. The summed E-state index contributed by atoms with van der Waals surface area (Å²) in [5.41, 5.74) is 3.40. The van der Waals surface area contributed by atoms with Crippen LogP contribution < -0.4 is 20.1 Å². The molecule has 0 aliphatic heterocycles. The summed E-state index contributed by atoms with van der Waals surface area (Å²) in [6.45, 7) is 1.21. The Morgan fingerprint density at radius 3 is 2.21 bits per heavy atom. The molecular weight excluding hydrogens is 677 g/mol. The average molecular weight is 713 g/mol. The van der Waals surface area contributed by atoms with Crippen molar-refractivity contribution in [2.45, 2.75) is 32.5 Å². The molecule has 12 heteroatoms. The van der Waals surface area contributed by atoms with E-state index in [0.29, 0.717) is 53.0 Å². The van der Waals surface area contributed by atoms with Crippen LogP contribution in [0.2, 0.25) is 15.1 Å². The number of rotatable bonds is 17. The standard InChI is InChI=1S/C36H36Cl3N3O6/c1-45-31-14-10-27(11-15-31)24-48-42-33(35(43)40-18-16-25-8-12-29(37)13-9-25)21-28-20-30(38)22-32(39)34(28)46-19-5-17-41-36(44)47-23-26-6-3-2-4-7-26/h2-4,6-15,20,22H,5,16-19,21,23-24H2,1H3,(H,40,43)(H,41,44)/b42-33+. The van der Waals surface area contributed by atoms with Crippen LogP contribution in [0, 0.1) is 0 Å². The SMILES string of the molecule is COc1ccc(CO/N=C(\Cc2cc(Cl)cc(Cl)c2OCCCNC(=O)OCc2ccccc2)C(=O)NCCc2ccc(Cl)cc2)cc1. The molecule has 0 fully saturated rings. The topological polar surface area (TPSA) is 107 Å². The van der Waals surface area contributed by atoms with Gasteiger partial charge in [0.2, 0.25) is 0 Å². The maximum Gasteiger partial charge on any atom is 0.407 e. The molecule has 0 aliphatic carbocycles. The smallest absolute Gasteiger partial charge is 0.407 e. The number of ether oxygens (including phenoxy) is 3. The van der Waals surface area contributed by atoms with E-state index in [1.165, 1.54) is 0 Å². The number of amides is 2. The van der Waals surface area contributed by atoms with E-state index in [1.54, 1.807) is 31.4 Å². The molecule has 0 saturated heterocycles. The summed E-state index contributed by atoms with van der Waals surface area (Å²) >= 11 is 18.9. The molecule has 0 unspecified atom stereocenters. The second-order valence-corrected chi connectivity index (χ2v) is 11.8. The van der Waals surface area contributed by atoms with Gasteiger partial charge in [0.15, 0.2) is 0 Å². The summed E-state index contributed by atoms with van der Waals surface area (Å²) < 4.78 is 16.5. The number of halogens is 3. The molecular formula is C36H36Cl3N3O6. The van der Waals surface area contributed by atoms with Gasteiger partial charge < -0.3 is 29.7 Å². The largest absolute Gasteiger partial charge is 0.497 e. The highest BCUT2D eigenvalue weighted by atomic mass is 35.5. The molecule has 2 amide bonds. The number of nitrogens with zero attached hydrogens (tertiary/aromatic N) is 1. The number of hydrogen-bond acceptors (Lipinski definition) is 7. The minimum atomic E-state index is -0.526. The van der Waals surface area contributed by atoms with Gasteiger partial charge >= 0.3 is 6.09 Å². The fourth-order valence-corrected chi connectivity index (χ4v) is 5.15. The zero-order valence-electron chi connectivity index (χ0n) is 26.3. The molecule has 48 heavy (non-hydrogen) atoms. The third-order valence-corrected chi connectivity index (χ3v) is 7.68. The Bertz CT molecular complexity index is 1650. The van der Waals surface area contributed by atoms with Crippen LogP contribution in [0.1, 0.15) is 28.7 Å². The van der Waals surface area contributed by atoms with E-state index in [-0.39, 0.29) is 37.0 Å². The monoisotopic (exact) mass is 711 g/mol. The first kappa shape index (κ1) is 36.4. The van der Waals surface area contributed by atoms with Gasteiger partial charge in [-0.25, -0.2) is 4.79 Å². The molecule has 252 valence electrons. The Morgan fingerprint density at radius 2 is 1.48 bits per heavy atom. The summed E-state index contributed by atoms with van der Waals surface area (Å²) in [6.07, 6.45) is 0.556. The average Bonchev–Trinajstić information content (AvgIpc) is 3.09. The number of hydrogen-bond donors (Lipinski definition) is 2. The molecule has 0 heterocycles. The van der Waals surface area contributed by atoms with Gasteiger partial charge in [0, 0.05) is 35.1 Å². The lowest BCUT2D eigenvalue weighted by Gasteiger charge is -2.15. The predicted octanol–water partition coefficient (Wildman–Crippen LogP) is 7.82. The first-order valence-corrected chi connectivity index (χ1v) is 16.3. The highest BCUT2D eigenvalue weighted by Crippen LogP contribution is 2.33. The molecule has 0 bridgehead atoms. The van der Waals surface area contributed by atoms with E-state index in [4.69, 9.17) is 53.9 Å². The van der Waals surface area contributed by atoms with E-state index in [1.807, 2.05) is 66.7 Å². The van der Waals surface area contributed by atoms with Crippen LogP contribution in [-0.2, 0) is 40.4 Å². The second-order valence-electron chi connectivity index (χ2n) is 10.5. The maximum atomic E-state index is 13.4. The maximum absolute atomic E-state index is 13.4. The number of alkyl carbamates (subject to hydrolysis) is 1. The second kappa shape index (κ2) is 19.4. The Morgan fingerprint density at radius 1 is 0.771 bits per heavy atom. The quantitative estimate of drug-likeness (QED) is 0.0657. The number of carbonyl (C=O) groups excluding carboxylic acids is 2. The number of methoxy groups -OCH3 is 1. The van der Waals surface area contributed by atoms with E-state index < -0.39 is 12.0 Å². The summed E-state index contributed by atoms with van der Waals surface area (Å²) in [4.78, 5) is 31.1. The lowest BCUT2D eigenvalue weighted by Crippen LogP contribution is -2.34. The summed E-state index contributed by atoms with van der Waals surface area (Å²) in [7, 11) is 1.59. The van der Waals surface area contributed by atoms with Gasteiger partial charge in [-0.2, -0.15) is 0 Å². The minimum Gasteiger partial charge on any atom is -0.497 e. The molecule has 4 rings (SSSR count). The molecule has 0 radical (unpaired) electrons. The third kappa shape index (κ3) is 12.3. The normalized spacial score (nSPS) is 11.0. The fourth-order valence-electron chi connectivity index (χ4n) is 4.43. The fraction of sp³-hybridized carbons (Fsp3) is 0.250. The highest BCUT2D eigenvalue weighted by Gasteiger charge is 2.19. The van der Waals surface area contributed by atoms with Crippen molar-refractivity contribution in [1.29, 1.82) is 0 Å². The van der Waals surface area contributed by atoms with Gasteiger partial charge in [0.25, 0.3) is 5.91 Å². The van der Waals surface area contributed by atoms with Gasteiger partial charge in [0.05, 0.1) is 18.7 Å². The summed E-state index contributed by atoms with van der Waals surface area (Å²) in [6, 6.07) is 27.4. The van der Waals surface area contributed by atoms with Crippen LogP contribution in [0.15, 0.2) is 96.2 Å². The number of benzene rings is 4. The molecule has 4 aromatic rings. The molecule has 0 aromatic heterocycles. The van der Waals surface area contributed by atoms with Crippen LogP contribution >= 0.6 is 34.8 Å². The van der Waals surface area contributed by atoms with E-state index in [9.17, 15) is 9.59 Å². The van der Waals surface area contributed by atoms with Gasteiger partial charge in [-0.05, 0) is 65.9 Å². The van der Waals surface area contributed by atoms with Crippen molar-refractivity contribution in [3.05, 3.63) is 128 Å². The van der Waals surface area contributed by atoms with Crippen molar-refractivity contribution >= 4 is 52.5 Å². The Kier molecular flexibility index (Phi) is 14.7. The van der Waals surface area contributed by atoms with Crippen LogP contribution in [0.25, 0.3) is 0 Å². The lowest BCUT2D eigenvalue weighted by atomic mass is 10.1. The Hall–Kier alpha value is -4.44. The molecule has 2 N–H and O–H groups in total. The van der Waals surface area contributed by atoms with E-state index in [0.717, 1.165) is 16.7 Å². The Balaban J connectivity index is 1.38. The van der Waals surface area contributed by atoms with Crippen molar-refractivity contribution in [1.82, 2.24) is 10.6 Å². The molecule has 0 aliphatic rings. The van der Waals surface area contributed by atoms with Gasteiger partial charge in [-0.3, -0.25) is 4.79 Å². The first-order valence-electron chi connectivity index (χ1n) is 15.2. The first-order chi connectivity index (χ1) is 23.3. The molecule has 0 saturated carbocycles. The van der Waals surface area contributed by atoms with E-state index >= 15 is 0 Å². The summed E-state index contributed by atoms with van der Waals surface area (Å²) in [5, 5.41) is 11.1. The van der Waals surface area contributed by atoms with Gasteiger partial charge in [-0.1, -0.05) is 94.6 Å². The lowest BCUT2D eigenvalue weighted by molar-refractivity contribution is -0.115. The minimum absolute atomic E-state index is 0.0229. The zero-order chi connectivity index (χ0) is 34.1. The van der Waals surface area contributed by atoms with Crippen molar-refractivity contribution in [3.63, 3.8) is 0 Å².